The highest BCUT2D eigenvalue weighted by atomic mass is 32.2. The summed E-state index contributed by atoms with van der Waals surface area (Å²) >= 11 is -1.32. The molecule has 0 amide bonds. The van der Waals surface area contributed by atoms with Crippen molar-refractivity contribution in [1.82, 2.24) is 0 Å². The van der Waals surface area contributed by atoms with Crippen molar-refractivity contribution < 1.29 is 8.94 Å². The molecule has 0 aromatic heterocycles. The summed E-state index contributed by atoms with van der Waals surface area (Å²) in [6, 6.07) is 5.04. The Labute approximate surface area is 104 Å². The van der Waals surface area contributed by atoms with Crippen LogP contribution in [0.5, 0.6) is 0 Å². The standard InChI is InChI=1S/C13H16FNOS/c1-13(2,3)17(16)15-11-8-7-9-5-4-6-10(14)12(9)11/h4-6H,7-8H2,1-3H3/t17-/m1/s1. The molecule has 0 heterocycles. The number of rotatable bonds is 1. The SMILES string of the molecule is CC(C)(C)[S@@+]([O-])N=C1CCc2cccc(F)c21. The fraction of sp³-hybridized carbons (Fsp3) is 0.462. The zero-order valence-electron chi connectivity index (χ0n) is 10.3. The molecule has 0 saturated heterocycles. The van der Waals surface area contributed by atoms with Gasteiger partial charge in [-0.05, 0) is 45.2 Å². The lowest BCUT2D eigenvalue weighted by molar-refractivity contribution is 0.561. The van der Waals surface area contributed by atoms with E-state index in [9.17, 15) is 8.94 Å². The Hall–Kier alpha value is -0.870. The third kappa shape index (κ3) is 2.53. The predicted octanol–water partition coefficient (Wildman–Crippen LogP) is 3.02. The molecule has 0 saturated carbocycles. The monoisotopic (exact) mass is 253 g/mol. The van der Waals surface area contributed by atoms with Crippen LogP contribution in [0.15, 0.2) is 22.6 Å². The van der Waals surface area contributed by atoms with Gasteiger partial charge in [0.15, 0.2) is 0 Å². The van der Waals surface area contributed by atoms with E-state index in [0.717, 1.165) is 12.0 Å². The van der Waals surface area contributed by atoms with E-state index in [1.165, 1.54) is 6.07 Å². The summed E-state index contributed by atoms with van der Waals surface area (Å²) in [5, 5.41) is 0. The number of nitrogens with zero attached hydrogens (tertiary/aromatic N) is 1. The lowest BCUT2D eigenvalue weighted by Gasteiger charge is -2.18. The van der Waals surface area contributed by atoms with Gasteiger partial charge >= 0.3 is 0 Å². The summed E-state index contributed by atoms with van der Waals surface area (Å²) < 4.78 is 29.4. The zero-order valence-corrected chi connectivity index (χ0v) is 11.1. The molecule has 1 aromatic rings. The summed E-state index contributed by atoms with van der Waals surface area (Å²) in [6.07, 6.45) is 1.46. The first-order valence-corrected chi connectivity index (χ1v) is 6.77. The minimum absolute atomic E-state index is 0.260. The number of hydrogen-bond donors (Lipinski definition) is 0. The molecule has 92 valence electrons. The molecule has 2 rings (SSSR count). The van der Waals surface area contributed by atoms with Gasteiger partial charge in [0, 0.05) is 5.56 Å². The Morgan fingerprint density at radius 2 is 2.00 bits per heavy atom. The van der Waals surface area contributed by atoms with Crippen molar-refractivity contribution in [3.63, 3.8) is 0 Å². The van der Waals surface area contributed by atoms with Crippen LogP contribution in [0.2, 0.25) is 0 Å². The number of benzene rings is 1. The van der Waals surface area contributed by atoms with E-state index >= 15 is 0 Å². The molecule has 1 aliphatic carbocycles. The fourth-order valence-corrected chi connectivity index (χ4v) is 2.46. The molecule has 0 fully saturated rings. The lowest BCUT2D eigenvalue weighted by atomic mass is 10.1. The van der Waals surface area contributed by atoms with E-state index in [0.29, 0.717) is 17.7 Å². The number of aryl methyl sites for hydroxylation is 1. The summed E-state index contributed by atoms with van der Waals surface area (Å²) in [7, 11) is 0. The van der Waals surface area contributed by atoms with Crippen molar-refractivity contribution in [1.29, 1.82) is 0 Å². The molecule has 0 radical (unpaired) electrons. The van der Waals surface area contributed by atoms with Gasteiger partial charge < -0.3 is 4.55 Å². The van der Waals surface area contributed by atoms with Crippen LogP contribution < -0.4 is 0 Å². The third-order valence-corrected chi connectivity index (χ3v) is 4.17. The highest BCUT2D eigenvalue weighted by molar-refractivity contribution is 7.91. The summed E-state index contributed by atoms with van der Waals surface area (Å²) in [4.78, 5) is 0. The van der Waals surface area contributed by atoms with Crippen LogP contribution in [-0.4, -0.2) is 15.0 Å². The van der Waals surface area contributed by atoms with Crippen LogP contribution in [-0.2, 0) is 17.8 Å². The molecule has 2 nitrogen and oxygen atoms in total. The maximum Gasteiger partial charge on any atom is 0.144 e. The topological polar surface area (TPSA) is 35.4 Å². The van der Waals surface area contributed by atoms with Gasteiger partial charge in [-0.25, -0.2) is 4.39 Å². The second-order valence-electron chi connectivity index (χ2n) is 5.17. The largest absolute Gasteiger partial charge is 0.591 e. The van der Waals surface area contributed by atoms with Crippen LogP contribution in [0, 0.1) is 5.82 Å². The van der Waals surface area contributed by atoms with Crippen molar-refractivity contribution in [2.45, 2.75) is 38.4 Å². The molecule has 1 aromatic carbocycles. The molecule has 0 unspecified atom stereocenters. The van der Waals surface area contributed by atoms with Gasteiger partial charge in [0.25, 0.3) is 0 Å². The highest BCUT2D eigenvalue weighted by Crippen LogP contribution is 2.27. The second kappa shape index (κ2) is 4.42. The van der Waals surface area contributed by atoms with Crippen LogP contribution in [0.4, 0.5) is 4.39 Å². The molecule has 17 heavy (non-hydrogen) atoms. The first-order valence-electron chi connectivity index (χ1n) is 5.67. The zero-order chi connectivity index (χ0) is 12.6. The predicted molar refractivity (Wildman–Crippen MR) is 69.2 cm³/mol. The smallest absolute Gasteiger partial charge is 0.144 e. The Balaban J connectivity index is 2.37. The Bertz CT molecular complexity index is 465. The maximum atomic E-state index is 13.7. The van der Waals surface area contributed by atoms with Gasteiger partial charge in [-0.1, -0.05) is 16.5 Å². The Kier molecular flexibility index (Phi) is 3.27. The number of fused-ring (bicyclic) bond motifs is 1. The molecule has 0 spiro atoms. The highest BCUT2D eigenvalue weighted by Gasteiger charge is 2.30. The molecule has 1 atom stereocenters. The van der Waals surface area contributed by atoms with Gasteiger partial charge in [-0.2, -0.15) is 0 Å². The van der Waals surface area contributed by atoms with Gasteiger partial charge in [0.2, 0.25) is 0 Å². The normalized spacial score (nSPS) is 19.5. The second-order valence-corrected chi connectivity index (χ2v) is 7.08. The molecule has 4 heteroatoms. The van der Waals surface area contributed by atoms with E-state index in [4.69, 9.17) is 0 Å². The molecule has 1 aliphatic rings. The van der Waals surface area contributed by atoms with E-state index in [1.807, 2.05) is 26.8 Å². The van der Waals surface area contributed by atoms with Crippen molar-refractivity contribution >= 4 is 17.1 Å². The third-order valence-electron chi connectivity index (χ3n) is 2.74. The molecular formula is C13H16FNOS. The Morgan fingerprint density at radius 3 is 2.65 bits per heavy atom. The average Bonchev–Trinajstić information content (AvgIpc) is 2.61. The lowest BCUT2D eigenvalue weighted by Crippen LogP contribution is -2.26. The van der Waals surface area contributed by atoms with Crippen LogP contribution >= 0.6 is 0 Å². The molecule has 0 N–H and O–H groups in total. The minimum Gasteiger partial charge on any atom is -0.591 e. The Morgan fingerprint density at radius 1 is 1.29 bits per heavy atom. The number of halogens is 1. The first-order chi connectivity index (χ1) is 7.89. The van der Waals surface area contributed by atoms with Crippen molar-refractivity contribution in [3.05, 3.63) is 35.1 Å². The van der Waals surface area contributed by atoms with Gasteiger partial charge in [0.05, 0.1) is 0 Å². The van der Waals surface area contributed by atoms with E-state index in [1.54, 1.807) is 6.07 Å². The summed E-state index contributed by atoms with van der Waals surface area (Å²) in [6.45, 7) is 5.60. The van der Waals surface area contributed by atoms with E-state index in [-0.39, 0.29) is 5.82 Å². The average molecular weight is 253 g/mol. The quantitative estimate of drug-likeness (QED) is 0.708. The van der Waals surface area contributed by atoms with Gasteiger partial charge in [-0.3, -0.25) is 0 Å². The number of hydrogen-bond acceptors (Lipinski definition) is 2. The molecule has 0 aliphatic heterocycles. The van der Waals surface area contributed by atoms with Crippen molar-refractivity contribution in [2.75, 3.05) is 0 Å². The van der Waals surface area contributed by atoms with Crippen molar-refractivity contribution in [3.8, 4) is 0 Å². The minimum atomic E-state index is -1.32. The maximum absolute atomic E-state index is 13.7. The van der Waals surface area contributed by atoms with Crippen LogP contribution in [0.25, 0.3) is 0 Å². The summed E-state index contributed by atoms with van der Waals surface area (Å²) in [5.41, 5.74) is 2.17. The van der Waals surface area contributed by atoms with Crippen LogP contribution in [0.3, 0.4) is 0 Å². The van der Waals surface area contributed by atoms with Gasteiger partial charge in [0.1, 0.15) is 27.6 Å². The molecule has 0 bridgehead atoms. The van der Waals surface area contributed by atoms with Crippen molar-refractivity contribution in [2.24, 2.45) is 4.40 Å². The molecular weight excluding hydrogens is 237 g/mol. The van der Waals surface area contributed by atoms with Crippen LogP contribution in [0.1, 0.15) is 38.3 Å². The van der Waals surface area contributed by atoms with E-state index in [2.05, 4.69) is 4.40 Å². The summed E-state index contributed by atoms with van der Waals surface area (Å²) in [5.74, 6) is -0.260. The van der Waals surface area contributed by atoms with E-state index < -0.39 is 16.1 Å². The fourth-order valence-electron chi connectivity index (χ4n) is 1.81. The van der Waals surface area contributed by atoms with Gasteiger partial charge in [-0.15, -0.1) is 0 Å². The first kappa shape index (κ1) is 12.6.